The van der Waals surface area contributed by atoms with Gasteiger partial charge >= 0.3 is 0 Å². The van der Waals surface area contributed by atoms with Crippen LogP contribution in [0.4, 0.5) is 0 Å². The van der Waals surface area contributed by atoms with E-state index < -0.39 is 5.60 Å². The fourth-order valence-corrected chi connectivity index (χ4v) is 2.93. The van der Waals surface area contributed by atoms with Crippen LogP contribution in [0.15, 0.2) is 48.7 Å². The zero-order chi connectivity index (χ0) is 17.0. The quantitative estimate of drug-likeness (QED) is 0.848. The summed E-state index contributed by atoms with van der Waals surface area (Å²) in [6.07, 6.45) is 2.38. The number of nitrogens with zero attached hydrogens (tertiary/aromatic N) is 2. The van der Waals surface area contributed by atoms with E-state index in [1.807, 2.05) is 37.3 Å². The molecule has 0 saturated carbocycles. The zero-order valence-electron chi connectivity index (χ0n) is 14.1. The van der Waals surface area contributed by atoms with E-state index in [4.69, 9.17) is 9.47 Å². The molecule has 0 N–H and O–H groups in total. The topological polar surface area (TPSA) is 51.7 Å². The molecule has 2 heterocycles. The Kier molecular flexibility index (Phi) is 4.81. The fourth-order valence-electron chi connectivity index (χ4n) is 2.93. The fraction of sp³-hybridized carbons (Fsp3) is 0.368. The first-order valence-corrected chi connectivity index (χ1v) is 8.07. The Bertz CT molecular complexity index is 705. The Balaban J connectivity index is 1.65. The largest absolute Gasteiger partial charge is 0.491 e. The molecule has 1 atom stereocenters. The number of amides is 1. The number of hydrogen-bond acceptors (Lipinski definition) is 4. The maximum Gasteiger partial charge on any atom is 0.272 e. The van der Waals surface area contributed by atoms with Crippen molar-refractivity contribution in [2.75, 3.05) is 26.8 Å². The molecule has 1 fully saturated rings. The number of likely N-dealkylation sites (tertiary alicyclic amines) is 1. The molecule has 5 nitrogen and oxygen atoms in total. The number of rotatable bonds is 5. The number of aromatic nitrogens is 1. The van der Waals surface area contributed by atoms with Crippen molar-refractivity contribution in [2.45, 2.75) is 18.9 Å². The molecule has 1 aliphatic heterocycles. The molecule has 126 valence electrons. The van der Waals surface area contributed by atoms with Gasteiger partial charge < -0.3 is 14.4 Å². The smallest absolute Gasteiger partial charge is 0.272 e. The Morgan fingerprint density at radius 2 is 2.17 bits per heavy atom. The van der Waals surface area contributed by atoms with E-state index >= 15 is 0 Å². The van der Waals surface area contributed by atoms with Crippen LogP contribution < -0.4 is 4.74 Å². The minimum absolute atomic E-state index is 0.0647. The maximum atomic E-state index is 12.5. The van der Waals surface area contributed by atoms with Gasteiger partial charge in [-0.2, -0.15) is 0 Å². The van der Waals surface area contributed by atoms with Crippen molar-refractivity contribution >= 4 is 5.91 Å². The van der Waals surface area contributed by atoms with E-state index in [0.29, 0.717) is 25.4 Å². The number of carbonyl (C=O) groups is 1. The summed E-state index contributed by atoms with van der Waals surface area (Å²) in [4.78, 5) is 18.5. The number of hydrogen-bond donors (Lipinski definition) is 0. The Hall–Kier alpha value is -2.40. The molecular formula is C19H22N2O3. The van der Waals surface area contributed by atoms with Crippen LogP contribution in [0.5, 0.6) is 5.75 Å². The lowest BCUT2D eigenvalue weighted by molar-refractivity contribution is -0.0343. The molecule has 1 aliphatic rings. The average Bonchev–Trinajstić information content (AvgIpc) is 3.05. The summed E-state index contributed by atoms with van der Waals surface area (Å²) in [6.45, 7) is 3.59. The highest BCUT2D eigenvalue weighted by atomic mass is 16.5. The minimum Gasteiger partial charge on any atom is -0.491 e. The third-order valence-electron chi connectivity index (χ3n) is 4.41. The SMILES string of the molecule is COC1(COc2cccc(C)c2)CCN(C(=O)c2ccccn2)C1. The zero-order valence-corrected chi connectivity index (χ0v) is 14.1. The second-order valence-corrected chi connectivity index (χ2v) is 6.18. The van der Waals surface area contributed by atoms with Crippen LogP contribution in [0, 0.1) is 6.92 Å². The second kappa shape index (κ2) is 7.01. The number of aryl methyl sites for hydroxylation is 1. The van der Waals surface area contributed by atoms with E-state index in [2.05, 4.69) is 4.98 Å². The van der Waals surface area contributed by atoms with Gasteiger partial charge in [-0.15, -0.1) is 0 Å². The summed E-state index contributed by atoms with van der Waals surface area (Å²) in [5.41, 5.74) is 1.13. The van der Waals surface area contributed by atoms with Crippen LogP contribution >= 0.6 is 0 Å². The monoisotopic (exact) mass is 326 g/mol. The molecule has 1 amide bonds. The van der Waals surface area contributed by atoms with E-state index in [0.717, 1.165) is 17.7 Å². The number of benzene rings is 1. The molecule has 1 aromatic heterocycles. The standard InChI is InChI=1S/C19H22N2O3/c1-15-6-5-7-16(12-15)24-14-19(23-2)9-11-21(13-19)18(22)17-8-3-4-10-20-17/h3-8,10,12H,9,11,13-14H2,1-2H3. The number of ether oxygens (including phenoxy) is 2. The Labute approximate surface area is 142 Å². The minimum atomic E-state index is -0.478. The lowest BCUT2D eigenvalue weighted by atomic mass is 10.0. The summed E-state index contributed by atoms with van der Waals surface area (Å²) in [6, 6.07) is 13.3. The first-order valence-electron chi connectivity index (χ1n) is 8.07. The van der Waals surface area contributed by atoms with Crippen molar-refractivity contribution in [3.05, 3.63) is 59.9 Å². The van der Waals surface area contributed by atoms with Gasteiger partial charge in [-0.25, -0.2) is 0 Å². The van der Waals surface area contributed by atoms with Crippen molar-refractivity contribution in [3.63, 3.8) is 0 Å². The Morgan fingerprint density at radius 3 is 2.88 bits per heavy atom. The first-order chi connectivity index (χ1) is 11.6. The van der Waals surface area contributed by atoms with Gasteiger partial charge in [0.25, 0.3) is 5.91 Å². The molecule has 0 radical (unpaired) electrons. The second-order valence-electron chi connectivity index (χ2n) is 6.18. The average molecular weight is 326 g/mol. The number of pyridine rings is 1. The molecule has 0 aliphatic carbocycles. The molecule has 1 aromatic carbocycles. The van der Waals surface area contributed by atoms with E-state index in [9.17, 15) is 4.79 Å². The summed E-state index contributed by atoms with van der Waals surface area (Å²) in [5, 5.41) is 0. The van der Waals surface area contributed by atoms with Gasteiger partial charge in [-0.05, 0) is 43.2 Å². The molecule has 0 bridgehead atoms. The van der Waals surface area contributed by atoms with Crippen LogP contribution in [-0.2, 0) is 4.74 Å². The molecule has 24 heavy (non-hydrogen) atoms. The third kappa shape index (κ3) is 3.57. The van der Waals surface area contributed by atoms with Gasteiger partial charge in [-0.3, -0.25) is 9.78 Å². The van der Waals surface area contributed by atoms with E-state index in [1.165, 1.54) is 0 Å². The highest BCUT2D eigenvalue weighted by molar-refractivity contribution is 5.92. The Morgan fingerprint density at radius 1 is 1.29 bits per heavy atom. The molecule has 1 saturated heterocycles. The normalized spacial score (nSPS) is 20.2. The van der Waals surface area contributed by atoms with Crippen LogP contribution in [0.3, 0.4) is 0 Å². The molecule has 5 heteroatoms. The van der Waals surface area contributed by atoms with Gasteiger partial charge in [0.1, 0.15) is 23.7 Å². The van der Waals surface area contributed by atoms with Crippen molar-refractivity contribution in [2.24, 2.45) is 0 Å². The predicted octanol–water partition coefficient (Wildman–Crippen LogP) is 2.70. The number of carbonyl (C=O) groups excluding carboxylic acids is 1. The maximum absolute atomic E-state index is 12.5. The molecule has 0 spiro atoms. The van der Waals surface area contributed by atoms with Crippen LogP contribution in [0.1, 0.15) is 22.5 Å². The molecule has 2 aromatic rings. The van der Waals surface area contributed by atoms with Gasteiger partial charge in [0, 0.05) is 19.9 Å². The third-order valence-corrected chi connectivity index (χ3v) is 4.41. The predicted molar refractivity (Wildman–Crippen MR) is 91.2 cm³/mol. The van der Waals surface area contributed by atoms with Gasteiger partial charge in [0.2, 0.25) is 0 Å². The lowest BCUT2D eigenvalue weighted by Gasteiger charge is -2.27. The van der Waals surface area contributed by atoms with Crippen LogP contribution in [0.25, 0.3) is 0 Å². The van der Waals surface area contributed by atoms with Crippen molar-refractivity contribution < 1.29 is 14.3 Å². The van der Waals surface area contributed by atoms with Crippen molar-refractivity contribution in [3.8, 4) is 5.75 Å². The van der Waals surface area contributed by atoms with Crippen molar-refractivity contribution in [1.29, 1.82) is 0 Å². The number of methoxy groups -OCH3 is 1. The molecule has 1 unspecified atom stereocenters. The summed E-state index contributed by atoms with van der Waals surface area (Å²) >= 11 is 0. The van der Waals surface area contributed by atoms with Gasteiger partial charge in [-0.1, -0.05) is 18.2 Å². The van der Waals surface area contributed by atoms with Crippen LogP contribution in [0.2, 0.25) is 0 Å². The van der Waals surface area contributed by atoms with Gasteiger partial charge in [0.05, 0.1) is 6.54 Å². The van der Waals surface area contributed by atoms with Gasteiger partial charge in [0.15, 0.2) is 0 Å². The van der Waals surface area contributed by atoms with Crippen LogP contribution in [-0.4, -0.2) is 48.2 Å². The molecular weight excluding hydrogens is 304 g/mol. The lowest BCUT2D eigenvalue weighted by Crippen LogP contribution is -2.42. The van der Waals surface area contributed by atoms with E-state index in [-0.39, 0.29) is 5.91 Å². The highest BCUT2D eigenvalue weighted by Crippen LogP contribution is 2.27. The summed E-state index contributed by atoms with van der Waals surface area (Å²) in [7, 11) is 1.67. The summed E-state index contributed by atoms with van der Waals surface area (Å²) < 4.78 is 11.6. The molecule has 3 rings (SSSR count). The van der Waals surface area contributed by atoms with E-state index in [1.54, 1.807) is 30.3 Å². The summed E-state index contributed by atoms with van der Waals surface area (Å²) in [5.74, 6) is 0.756. The van der Waals surface area contributed by atoms with Crippen molar-refractivity contribution in [1.82, 2.24) is 9.88 Å². The highest BCUT2D eigenvalue weighted by Gasteiger charge is 2.41. The first kappa shape index (κ1) is 16.5.